The monoisotopic (exact) mass is 385 g/mol. The molecule has 0 amide bonds. The van der Waals surface area contributed by atoms with E-state index in [0.29, 0.717) is 21.3 Å². The minimum atomic E-state index is -3.75. The van der Waals surface area contributed by atoms with Gasteiger partial charge in [0.15, 0.2) is 0 Å². The molecular weight excluding hydrogens is 374 g/mol. The van der Waals surface area contributed by atoms with E-state index in [-0.39, 0.29) is 9.88 Å². The van der Waals surface area contributed by atoms with Crippen molar-refractivity contribution in [3.05, 3.63) is 52.3 Å². The summed E-state index contributed by atoms with van der Waals surface area (Å²) in [6, 6.07) is 6.40. The van der Waals surface area contributed by atoms with Gasteiger partial charge in [0.25, 0.3) is 10.0 Å². The van der Waals surface area contributed by atoms with E-state index >= 15 is 0 Å². The molecule has 0 spiro atoms. The van der Waals surface area contributed by atoms with E-state index in [0.717, 1.165) is 0 Å². The second kappa shape index (κ2) is 6.08. The van der Waals surface area contributed by atoms with E-state index in [9.17, 15) is 8.42 Å². The number of aryl methyl sites for hydroxylation is 1. The Morgan fingerprint density at radius 2 is 2.10 bits per heavy atom. The largest absolute Gasteiger partial charge is 0.389 e. The van der Waals surface area contributed by atoms with Crippen molar-refractivity contribution in [3.8, 4) is 0 Å². The van der Waals surface area contributed by atoms with Gasteiger partial charge in [-0.2, -0.15) is 0 Å². The van der Waals surface area contributed by atoms with Crippen molar-refractivity contribution in [3.63, 3.8) is 0 Å². The minimum Gasteiger partial charge on any atom is -0.389 e. The Morgan fingerprint density at radius 3 is 2.71 bits per heavy atom. The summed E-state index contributed by atoms with van der Waals surface area (Å²) in [4.78, 5) is 4.17. The maximum atomic E-state index is 12.5. The van der Waals surface area contributed by atoms with E-state index < -0.39 is 10.0 Å². The summed E-state index contributed by atoms with van der Waals surface area (Å²) in [5, 5.41) is 0. The third kappa shape index (κ3) is 3.58. The first-order valence-corrected chi connectivity index (χ1v) is 8.52. The van der Waals surface area contributed by atoms with E-state index in [1.54, 1.807) is 25.1 Å². The molecule has 3 N–H and O–H groups in total. The number of nitrogens with two attached hydrogens (primary N) is 1. The standard InChI is InChI=1S/C13H12BrN3O2S2/c1-8-2-3-9(13(15)20)6-12(8)21(18,19)17-11-4-5-16-7-10(11)14/h2-7H,1H3,(H2,15,20)(H,16,17). The van der Waals surface area contributed by atoms with Crippen molar-refractivity contribution in [1.82, 2.24) is 4.98 Å². The second-order valence-electron chi connectivity index (χ2n) is 4.31. The molecule has 21 heavy (non-hydrogen) atoms. The van der Waals surface area contributed by atoms with Gasteiger partial charge in [0.2, 0.25) is 0 Å². The van der Waals surface area contributed by atoms with Crippen LogP contribution in [0.2, 0.25) is 0 Å². The number of halogens is 1. The fraction of sp³-hybridized carbons (Fsp3) is 0.0769. The lowest BCUT2D eigenvalue weighted by molar-refractivity contribution is 0.600. The van der Waals surface area contributed by atoms with Crippen LogP contribution in [0.3, 0.4) is 0 Å². The number of anilines is 1. The number of pyridine rings is 1. The molecule has 2 aromatic rings. The average Bonchev–Trinajstić information content (AvgIpc) is 2.41. The Bertz CT molecular complexity index is 807. The van der Waals surface area contributed by atoms with Gasteiger partial charge in [-0.1, -0.05) is 24.4 Å². The summed E-state index contributed by atoms with van der Waals surface area (Å²) < 4.78 is 28.1. The summed E-state index contributed by atoms with van der Waals surface area (Å²) >= 11 is 8.13. The zero-order chi connectivity index (χ0) is 15.6. The van der Waals surface area contributed by atoms with Gasteiger partial charge in [-0.05, 0) is 40.5 Å². The van der Waals surface area contributed by atoms with Crippen molar-refractivity contribution < 1.29 is 8.42 Å². The van der Waals surface area contributed by atoms with E-state index in [1.807, 2.05) is 0 Å². The average molecular weight is 386 g/mol. The molecule has 8 heteroatoms. The number of sulfonamides is 1. The summed E-state index contributed by atoms with van der Waals surface area (Å²) in [6.45, 7) is 1.71. The molecule has 0 unspecified atom stereocenters. The van der Waals surface area contributed by atoms with Crippen LogP contribution in [0.25, 0.3) is 0 Å². The summed E-state index contributed by atoms with van der Waals surface area (Å²) in [7, 11) is -3.75. The Balaban J connectivity index is 2.47. The Labute approximate surface area is 136 Å². The highest BCUT2D eigenvalue weighted by Gasteiger charge is 2.19. The molecule has 1 aromatic heterocycles. The topological polar surface area (TPSA) is 85.1 Å². The van der Waals surface area contributed by atoms with Crippen LogP contribution in [0.1, 0.15) is 11.1 Å². The van der Waals surface area contributed by atoms with Crippen molar-refractivity contribution >= 4 is 48.8 Å². The molecular formula is C13H12BrN3O2S2. The highest BCUT2D eigenvalue weighted by molar-refractivity contribution is 9.10. The third-order valence-corrected chi connectivity index (χ3v) is 5.15. The Kier molecular flexibility index (Phi) is 4.60. The minimum absolute atomic E-state index is 0.136. The van der Waals surface area contributed by atoms with Crippen LogP contribution in [0.15, 0.2) is 46.0 Å². The highest BCUT2D eigenvalue weighted by Crippen LogP contribution is 2.25. The molecule has 0 aliphatic carbocycles. The van der Waals surface area contributed by atoms with Gasteiger partial charge >= 0.3 is 0 Å². The predicted molar refractivity (Wildman–Crippen MR) is 89.8 cm³/mol. The Morgan fingerprint density at radius 1 is 1.38 bits per heavy atom. The second-order valence-corrected chi connectivity index (χ2v) is 7.25. The first-order chi connectivity index (χ1) is 9.81. The third-order valence-electron chi connectivity index (χ3n) is 2.78. The molecule has 5 nitrogen and oxygen atoms in total. The quantitative estimate of drug-likeness (QED) is 0.789. The Hall–Kier alpha value is -1.51. The van der Waals surface area contributed by atoms with Crippen LogP contribution in [-0.2, 0) is 10.0 Å². The normalized spacial score (nSPS) is 11.1. The smallest absolute Gasteiger partial charge is 0.262 e. The lowest BCUT2D eigenvalue weighted by Gasteiger charge is -2.12. The van der Waals surface area contributed by atoms with E-state index in [4.69, 9.17) is 18.0 Å². The van der Waals surface area contributed by atoms with Gasteiger partial charge in [-0.15, -0.1) is 0 Å². The predicted octanol–water partition coefficient (Wildman–Crippen LogP) is 2.59. The van der Waals surface area contributed by atoms with Gasteiger partial charge in [-0.3, -0.25) is 9.71 Å². The highest BCUT2D eigenvalue weighted by atomic mass is 79.9. The molecule has 0 saturated heterocycles. The number of benzene rings is 1. The van der Waals surface area contributed by atoms with Gasteiger partial charge in [-0.25, -0.2) is 8.42 Å². The van der Waals surface area contributed by atoms with E-state index in [2.05, 4.69) is 25.6 Å². The molecule has 1 heterocycles. The molecule has 0 aliphatic heterocycles. The molecule has 1 aromatic carbocycles. The van der Waals surface area contributed by atoms with Gasteiger partial charge in [0, 0.05) is 18.0 Å². The zero-order valence-corrected chi connectivity index (χ0v) is 14.2. The van der Waals surface area contributed by atoms with Crippen LogP contribution in [0.4, 0.5) is 5.69 Å². The molecule has 0 fully saturated rings. The number of rotatable bonds is 4. The van der Waals surface area contributed by atoms with Crippen molar-refractivity contribution in [2.45, 2.75) is 11.8 Å². The lowest BCUT2D eigenvalue weighted by Crippen LogP contribution is -2.17. The molecule has 0 atom stereocenters. The van der Waals surface area contributed by atoms with Crippen LogP contribution in [0.5, 0.6) is 0 Å². The maximum Gasteiger partial charge on any atom is 0.262 e. The lowest BCUT2D eigenvalue weighted by atomic mass is 10.1. The molecule has 0 aliphatic rings. The van der Waals surface area contributed by atoms with Gasteiger partial charge < -0.3 is 5.73 Å². The van der Waals surface area contributed by atoms with Crippen molar-refractivity contribution in [2.24, 2.45) is 5.73 Å². The molecule has 0 radical (unpaired) electrons. The summed E-state index contributed by atoms with van der Waals surface area (Å²) in [5.74, 6) is 0. The number of nitrogens with one attached hydrogen (secondary N) is 1. The number of hydrogen-bond acceptors (Lipinski definition) is 4. The maximum absolute atomic E-state index is 12.5. The van der Waals surface area contributed by atoms with Crippen LogP contribution >= 0.6 is 28.1 Å². The summed E-state index contributed by atoms with van der Waals surface area (Å²) in [6.07, 6.45) is 3.01. The fourth-order valence-corrected chi connectivity index (χ4v) is 3.66. The molecule has 0 saturated carbocycles. The first kappa shape index (κ1) is 15.9. The van der Waals surface area contributed by atoms with Crippen LogP contribution in [-0.4, -0.2) is 18.4 Å². The number of hydrogen-bond donors (Lipinski definition) is 2. The number of aromatic nitrogens is 1. The zero-order valence-electron chi connectivity index (χ0n) is 11.0. The van der Waals surface area contributed by atoms with Crippen molar-refractivity contribution in [1.29, 1.82) is 0 Å². The SMILES string of the molecule is Cc1ccc(C(N)=S)cc1S(=O)(=O)Nc1ccncc1Br. The van der Waals surface area contributed by atoms with Crippen molar-refractivity contribution in [2.75, 3.05) is 4.72 Å². The summed E-state index contributed by atoms with van der Waals surface area (Å²) in [5.41, 5.74) is 7.07. The van der Waals surface area contributed by atoms with Crippen LogP contribution in [0, 0.1) is 6.92 Å². The number of thiocarbonyl (C=S) groups is 1. The van der Waals surface area contributed by atoms with Gasteiger partial charge in [0.05, 0.1) is 15.1 Å². The fourth-order valence-electron chi connectivity index (χ4n) is 1.70. The van der Waals surface area contributed by atoms with Crippen LogP contribution < -0.4 is 10.5 Å². The molecule has 110 valence electrons. The van der Waals surface area contributed by atoms with Gasteiger partial charge in [0.1, 0.15) is 4.99 Å². The number of nitrogens with zero attached hydrogens (tertiary/aromatic N) is 1. The van der Waals surface area contributed by atoms with E-state index in [1.165, 1.54) is 18.5 Å². The molecule has 0 bridgehead atoms. The molecule has 2 rings (SSSR count). The first-order valence-electron chi connectivity index (χ1n) is 5.84.